The minimum atomic E-state index is -1.05. The smallest absolute Gasteiger partial charge is 0.303 e. The third-order valence-corrected chi connectivity index (χ3v) is 2.65. The van der Waals surface area contributed by atoms with Crippen molar-refractivity contribution >= 4 is 17.8 Å². The quantitative estimate of drug-likeness (QED) is 0.301. The average molecular weight is 315 g/mol. The Morgan fingerprint density at radius 2 is 1.82 bits per heavy atom. The van der Waals surface area contributed by atoms with Crippen molar-refractivity contribution in [3.05, 3.63) is 10.4 Å². The number of hydrogen-bond acceptors (Lipinski definition) is 8. The predicted molar refractivity (Wildman–Crippen MR) is 70.7 cm³/mol. The van der Waals surface area contributed by atoms with Crippen molar-refractivity contribution in [3.63, 3.8) is 0 Å². The van der Waals surface area contributed by atoms with Crippen LogP contribution in [0.3, 0.4) is 0 Å². The van der Waals surface area contributed by atoms with Gasteiger partial charge in [-0.05, 0) is 5.53 Å². The Labute approximate surface area is 125 Å². The second kappa shape index (κ2) is 8.17. The highest BCUT2D eigenvalue weighted by molar-refractivity contribution is 5.73. The Morgan fingerprint density at radius 3 is 2.32 bits per heavy atom. The van der Waals surface area contributed by atoms with Crippen molar-refractivity contribution in [3.8, 4) is 0 Å². The Morgan fingerprint density at radius 1 is 1.23 bits per heavy atom. The van der Waals surface area contributed by atoms with Crippen LogP contribution in [0.25, 0.3) is 10.4 Å². The van der Waals surface area contributed by atoms with Gasteiger partial charge < -0.3 is 14.8 Å². The van der Waals surface area contributed by atoms with Gasteiger partial charge in [0.1, 0.15) is 12.3 Å². The Hall–Kier alpha value is -2.36. The summed E-state index contributed by atoms with van der Waals surface area (Å²) in [6.07, 6.45) is -3.90. The molecule has 0 bridgehead atoms. The van der Waals surface area contributed by atoms with E-state index in [0.29, 0.717) is 0 Å². The molecule has 2 N–H and O–H groups in total. The van der Waals surface area contributed by atoms with Gasteiger partial charge in [-0.1, -0.05) is 5.11 Å². The molecule has 1 aliphatic heterocycles. The molecule has 1 amide bonds. The average Bonchev–Trinajstić information content (AvgIpc) is 2.40. The van der Waals surface area contributed by atoms with Crippen LogP contribution in [0.5, 0.6) is 0 Å². The van der Waals surface area contributed by atoms with Crippen molar-refractivity contribution in [2.75, 3.05) is 6.54 Å². The SMILES string of the molecule is CC(=O)NC1NOC(CN=[N+]=[N-])C(OC(C)=O)C1OC(C)=O. The summed E-state index contributed by atoms with van der Waals surface area (Å²) in [6, 6.07) is 0. The maximum absolute atomic E-state index is 11.3. The lowest BCUT2D eigenvalue weighted by Gasteiger charge is -2.40. The van der Waals surface area contributed by atoms with Gasteiger partial charge in [0.05, 0.1) is 6.54 Å². The standard InChI is InChI=1S/C11H17N5O6/c1-5(17)14-11-10(21-7(3)19)9(20-6(2)18)8(22-15-11)4-13-16-12/h8-11,15H,4H2,1-3H3,(H,14,17). The van der Waals surface area contributed by atoms with Crippen LogP contribution in [0.1, 0.15) is 20.8 Å². The van der Waals surface area contributed by atoms with Gasteiger partial charge in [-0.3, -0.25) is 19.2 Å². The molecule has 4 unspecified atom stereocenters. The first-order valence-corrected chi connectivity index (χ1v) is 6.38. The molecule has 11 nitrogen and oxygen atoms in total. The number of rotatable bonds is 5. The van der Waals surface area contributed by atoms with E-state index in [9.17, 15) is 14.4 Å². The molecule has 0 saturated carbocycles. The van der Waals surface area contributed by atoms with E-state index < -0.39 is 42.3 Å². The molecule has 122 valence electrons. The van der Waals surface area contributed by atoms with Crippen molar-refractivity contribution in [2.24, 2.45) is 5.11 Å². The molecule has 0 aromatic heterocycles. The minimum absolute atomic E-state index is 0.161. The number of azide groups is 1. The van der Waals surface area contributed by atoms with Crippen LogP contribution >= 0.6 is 0 Å². The summed E-state index contributed by atoms with van der Waals surface area (Å²) in [5, 5.41) is 5.82. The van der Waals surface area contributed by atoms with E-state index in [1.807, 2.05) is 0 Å². The fourth-order valence-electron chi connectivity index (χ4n) is 1.95. The summed E-state index contributed by atoms with van der Waals surface area (Å²) in [6.45, 7) is 3.45. The van der Waals surface area contributed by atoms with E-state index in [4.69, 9.17) is 19.8 Å². The fourth-order valence-corrected chi connectivity index (χ4v) is 1.95. The van der Waals surface area contributed by atoms with Crippen molar-refractivity contribution in [2.45, 2.75) is 45.2 Å². The number of nitrogens with one attached hydrogen (secondary N) is 2. The lowest BCUT2D eigenvalue weighted by Crippen LogP contribution is -2.66. The van der Waals surface area contributed by atoms with Crippen LogP contribution in [0, 0.1) is 0 Å². The molecule has 4 atom stereocenters. The molecule has 1 saturated heterocycles. The number of amides is 1. The van der Waals surface area contributed by atoms with Gasteiger partial charge in [-0.2, -0.15) is 5.48 Å². The molecule has 0 aromatic carbocycles. The van der Waals surface area contributed by atoms with Gasteiger partial charge in [0.25, 0.3) is 0 Å². The summed E-state index contributed by atoms with van der Waals surface area (Å²) in [5.41, 5.74) is 10.9. The van der Waals surface area contributed by atoms with E-state index in [1.54, 1.807) is 0 Å². The number of hydrogen-bond donors (Lipinski definition) is 2. The monoisotopic (exact) mass is 315 g/mol. The Kier molecular flexibility index (Phi) is 6.57. The molecule has 1 fully saturated rings. The number of esters is 2. The zero-order valence-electron chi connectivity index (χ0n) is 12.3. The van der Waals surface area contributed by atoms with E-state index in [-0.39, 0.29) is 6.54 Å². The van der Waals surface area contributed by atoms with Crippen molar-refractivity contribution in [1.29, 1.82) is 0 Å². The zero-order valence-corrected chi connectivity index (χ0v) is 12.3. The summed E-state index contributed by atoms with van der Waals surface area (Å²) in [4.78, 5) is 41.6. The summed E-state index contributed by atoms with van der Waals surface area (Å²) < 4.78 is 10.2. The maximum atomic E-state index is 11.3. The molecule has 1 aliphatic rings. The topological polar surface area (TPSA) is 152 Å². The molecule has 1 rings (SSSR count). The Balaban J connectivity index is 3.03. The largest absolute Gasteiger partial charge is 0.456 e. The van der Waals surface area contributed by atoms with Crippen LogP contribution in [0.15, 0.2) is 5.11 Å². The highest BCUT2D eigenvalue weighted by atomic mass is 16.7. The summed E-state index contributed by atoms with van der Waals surface area (Å²) in [7, 11) is 0. The molecule has 0 spiro atoms. The van der Waals surface area contributed by atoms with Crippen LogP contribution in [-0.4, -0.2) is 48.9 Å². The lowest BCUT2D eigenvalue weighted by molar-refractivity contribution is -0.221. The molecule has 0 radical (unpaired) electrons. The van der Waals surface area contributed by atoms with Gasteiger partial charge in [0, 0.05) is 25.7 Å². The number of carbonyl (C=O) groups excluding carboxylic acids is 3. The van der Waals surface area contributed by atoms with E-state index >= 15 is 0 Å². The highest BCUT2D eigenvalue weighted by Crippen LogP contribution is 2.20. The van der Waals surface area contributed by atoms with Crippen LogP contribution in [0.4, 0.5) is 0 Å². The molecule has 11 heteroatoms. The molecule has 1 heterocycles. The van der Waals surface area contributed by atoms with Gasteiger partial charge in [-0.25, -0.2) is 0 Å². The third kappa shape index (κ3) is 5.20. The van der Waals surface area contributed by atoms with Crippen LogP contribution < -0.4 is 10.8 Å². The van der Waals surface area contributed by atoms with E-state index in [1.165, 1.54) is 20.8 Å². The van der Waals surface area contributed by atoms with E-state index in [0.717, 1.165) is 0 Å². The van der Waals surface area contributed by atoms with Gasteiger partial charge in [0.2, 0.25) is 5.91 Å². The van der Waals surface area contributed by atoms with Crippen LogP contribution in [-0.2, 0) is 28.7 Å². The molecule has 0 aliphatic carbocycles. The Bertz CT molecular complexity index is 461. The first-order chi connectivity index (χ1) is 10.3. The fraction of sp³-hybridized carbons (Fsp3) is 0.727. The van der Waals surface area contributed by atoms with Gasteiger partial charge >= 0.3 is 11.9 Å². The second-order valence-electron chi connectivity index (χ2n) is 4.51. The van der Waals surface area contributed by atoms with Gasteiger partial charge in [-0.15, -0.1) is 0 Å². The van der Waals surface area contributed by atoms with E-state index in [2.05, 4.69) is 20.8 Å². The van der Waals surface area contributed by atoms with Crippen LogP contribution in [0.2, 0.25) is 0 Å². The van der Waals surface area contributed by atoms with Crippen molar-refractivity contribution in [1.82, 2.24) is 10.8 Å². The third-order valence-electron chi connectivity index (χ3n) is 2.65. The highest BCUT2D eigenvalue weighted by Gasteiger charge is 2.45. The van der Waals surface area contributed by atoms with Gasteiger partial charge in [0.15, 0.2) is 12.2 Å². The summed E-state index contributed by atoms with van der Waals surface area (Å²) in [5.74, 6) is -1.68. The molecule has 22 heavy (non-hydrogen) atoms. The normalized spacial score (nSPS) is 27.2. The second-order valence-corrected chi connectivity index (χ2v) is 4.51. The lowest BCUT2D eigenvalue weighted by atomic mass is 10.0. The first kappa shape index (κ1) is 17.7. The summed E-state index contributed by atoms with van der Waals surface area (Å²) >= 11 is 0. The molecule has 0 aromatic rings. The minimum Gasteiger partial charge on any atom is -0.456 e. The first-order valence-electron chi connectivity index (χ1n) is 6.38. The molecular weight excluding hydrogens is 298 g/mol. The number of ether oxygens (including phenoxy) is 2. The molecular formula is C11H17N5O6. The number of carbonyl (C=O) groups is 3. The van der Waals surface area contributed by atoms with Crippen molar-refractivity contribution < 1.29 is 28.7 Å². The maximum Gasteiger partial charge on any atom is 0.303 e. The predicted octanol–water partition coefficient (Wildman–Crippen LogP) is -0.474. The number of nitrogens with zero attached hydrogens (tertiary/aromatic N) is 3. The zero-order chi connectivity index (χ0) is 16.7. The number of hydroxylamine groups is 1.